The van der Waals surface area contributed by atoms with Crippen molar-refractivity contribution in [2.24, 2.45) is 0 Å². The van der Waals surface area contributed by atoms with E-state index in [1.165, 1.54) is 5.56 Å². The lowest BCUT2D eigenvalue weighted by Crippen LogP contribution is -2.11. The minimum Gasteiger partial charge on any atom is -0.493 e. The summed E-state index contributed by atoms with van der Waals surface area (Å²) in [4.78, 5) is 17.9. The van der Waals surface area contributed by atoms with Crippen molar-refractivity contribution < 1.29 is 4.74 Å². The van der Waals surface area contributed by atoms with Crippen molar-refractivity contribution in [2.75, 3.05) is 6.61 Å². The molecule has 0 spiro atoms. The number of nitrogens with one attached hydrogen (secondary N) is 1. The van der Waals surface area contributed by atoms with Crippen molar-refractivity contribution in [2.45, 2.75) is 13.3 Å². The molecule has 1 aromatic carbocycles. The predicted octanol–water partition coefficient (Wildman–Crippen LogP) is 1.68. The third kappa shape index (κ3) is 1.82. The van der Waals surface area contributed by atoms with Crippen molar-refractivity contribution in [3.05, 3.63) is 46.0 Å². The van der Waals surface area contributed by atoms with Gasteiger partial charge in [-0.2, -0.15) is 4.98 Å². The molecular formula is C13H12N2O2. The normalized spacial score (nSPS) is 13.2. The number of hydrogen-bond acceptors (Lipinski definition) is 3. The summed E-state index contributed by atoms with van der Waals surface area (Å²) in [5, 5.41) is 0. The summed E-state index contributed by atoms with van der Waals surface area (Å²) in [6.45, 7) is 2.59. The molecule has 0 saturated heterocycles. The molecule has 1 aromatic heterocycles. The Kier molecular flexibility index (Phi) is 2.21. The summed E-state index contributed by atoms with van der Waals surface area (Å²) in [5.41, 5.74) is 3.36. The number of aromatic nitrogens is 2. The Labute approximate surface area is 98.3 Å². The average molecular weight is 228 g/mol. The van der Waals surface area contributed by atoms with Crippen LogP contribution in [0.15, 0.2) is 29.1 Å². The molecule has 0 saturated carbocycles. The van der Waals surface area contributed by atoms with E-state index >= 15 is 0 Å². The first kappa shape index (κ1) is 10.1. The van der Waals surface area contributed by atoms with Crippen LogP contribution in [-0.4, -0.2) is 16.6 Å². The van der Waals surface area contributed by atoms with Crippen LogP contribution >= 0.6 is 0 Å². The van der Waals surface area contributed by atoms with Crippen LogP contribution in [-0.2, 0) is 6.42 Å². The summed E-state index contributed by atoms with van der Waals surface area (Å²) in [6, 6.07) is 7.80. The third-order valence-corrected chi connectivity index (χ3v) is 2.86. The highest BCUT2D eigenvalue weighted by atomic mass is 16.5. The largest absolute Gasteiger partial charge is 0.493 e. The molecule has 2 aromatic rings. The lowest BCUT2D eigenvalue weighted by molar-refractivity contribution is 0.357. The van der Waals surface area contributed by atoms with Crippen LogP contribution in [0.1, 0.15) is 11.3 Å². The number of H-pyrrole nitrogens is 1. The van der Waals surface area contributed by atoms with Crippen LogP contribution in [0.25, 0.3) is 11.3 Å². The van der Waals surface area contributed by atoms with Gasteiger partial charge in [-0.25, -0.2) is 4.79 Å². The van der Waals surface area contributed by atoms with Gasteiger partial charge >= 0.3 is 5.69 Å². The first-order chi connectivity index (χ1) is 8.22. The van der Waals surface area contributed by atoms with E-state index in [0.717, 1.165) is 30.0 Å². The van der Waals surface area contributed by atoms with Crippen molar-refractivity contribution in [3.8, 4) is 17.0 Å². The fourth-order valence-corrected chi connectivity index (χ4v) is 2.07. The van der Waals surface area contributed by atoms with Gasteiger partial charge in [-0.1, -0.05) is 0 Å². The zero-order valence-electron chi connectivity index (χ0n) is 9.49. The monoisotopic (exact) mass is 228 g/mol. The molecule has 1 aliphatic heterocycles. The highest BCUT2D eigenvalue weighted by molar-refractivity contribution is 5.62. The fourth-order valence-electron chi connectivity index (χ4n) is 2.07. The second-order valence-electron chi connectivity index (χ2n) is 4.18. The van der Waals surface area contributed by atoms with E-state index in [1.807, 2.05) is 31.2 Å². The Morgan fingerprint density at radius 1 is 1.35 bits per heavy atom. The molecule has 0 atom stereocenters. The van der Waals surface area contributed by atoms with Crippen molar-refractivity contribution in [1.82, 2.24) is 9.97 Å². The molecule has 3 rings (SSSR count). The van der Waals surface area contributed by atoms with E-state index in [-0.39, 0.29) is 5.69 Å². The van der Waals surface area contributed by atoms with Crippen LogP contribution < -0.4 is 10.4 Å². The van der Waals surface area contributed by atoms with Crippen LogP contribution in [0, 0.1) is 6.92 Å². The van der Waals surface area contributed by atoms with Crippen LogP contribution in [0.4, 0.5) is 0 Å². The van der Waals surface area contributed by atoms with Gasteiger partial charge in [0.2, 0.25) is 0 Å². The molecule has 0 fully saturated rings. The number of benzene rings is 1. The number of aryl methyl sites for hydroxylation is 1. The standard InChI is InChI=1S/C13H12N2O2/c1-8-6-11(15-13(16)14-8)9-2-3-12-10(7-9)4-5-17-12/h2-3,6-7H,4-5H2,1H3,(H,14,15,16). The number of hydrogen-bond donors (Lipinski definition) is 1. The highest BCUT2D eigenvalue weighted by Crippen LogP contribution is 2.29. The summed E-state index contributed by atoms with van der Waals surface area (Å²) < 4.78 is 5.45. The smallest absolute Gasteiger partial charge is 0.345 e. The maximum Gasteiger partial charge on any atom is 0.345 e. The lowest BCUT2D eigenvalue weighted by Gasteiger charge is -2.04. The molecule has 0 unspecified atom stereocenters. The Morgan fingerprint density at radius 2 is 2.24 bits per heavy atom. The van der Waals surface area contributed by atoms with Gasteiger partial charge in [0.25, 0.3) is 0 Å². The molecule has 0 radical (unpaired) electrons. The fraction of sp³-hybridized carbons (Fsp3) is 0.231. The topological polar surface area (TPSA) is 55.0 Å². The van der Waals surface area contributed by atoms with E-state index in [4.69, 9.17) is 4.74 Å². The van der Waals surface area contributed by atoms with Gasteiger partial charge in [0.15, 0.2) is 0 Å². The molecule has 4 heteroatoms. The predicted molar refractivity (Wildman–Crippen MR) is 64.2 cm³/mol. The summed E-state index contributed by atoms with van der Waals surface area (Å²) in [5.74, 6) is 0.940. The Bertz CT molecular complexity index is 632. The molecule has 17 heavy (non-hydrogen) atoms. The SMILES string of the molecule is Cc1cc(-c2ccc3c(c2)CCO3)nc(=O)[nH]1. The van der Waals surface area contributed by atoms with Crippen LogP contribution in [0.3, 0.4) is 0 Å². The van der Waals surface area contributed by atoms with E-state index in [0.29, 0.717) is 5.69 Å². The molecule has 0 bridgehead atoms. The van der Waals surface area contributed by atoms with Crippen LogP contribution in [0.2, 0.25) is 0 Å². The second-order valence-corrected chi connectivity index (χ2v) is 4.18. The molecule has 2 heterocycles. The maximum absolute atomic E-state index is 11.3. The molecule has 1 N–H and O–H groups in total. The van der Waals surface area contributed by atoms with E-state index in [2.05, 4.69) is 9.97 Å². The van der Waals surface area contributed by atoms with Crippen molar-refractivity contribution >= 4 is 0 Å². The average Bonchev–Trinajstić information content (AvgIpc) is 2.74. The first-order valence-corrected chi connectivity index (χ1v) is 5.56. The van der Waals surface area contributed by atoms with Gasteiger partial charge in [0.1, 0.15) is 5.75 Å². The maximum atomic E-state index is 11.3. The molecule has 0 amide bonds. The van der Waals surface area contributed by atoms with Crippen molar-refractivity contribution in [3.63, 3.8) is 0 Å². The molecule has 0 aliphatic carbocycles. The Balaban J connectivity index is 2.12. The molecule has 1 aliphatic rings. The number of nitrogens with zero attached hydrogens (tertiary/aromatic N) is 1. The van der Waals surface area contributed by atoms with E-state index in [1.54, 1.807) is 0 Å². The Hall–Kier alpha value is -2.10. The summed E-state index contributed by atoms with van der Waals surface area (Å²) >= 11 is 0. The highest BCUT2D eigenvalue weighted by Gasteiger charge is 2.13. The zero-order valence-corrected chi connectivity index (χ0v) is 9.49. The van der Waals surface area contributed by atoms with Gasteiger partial charge in [-0.3, -0.25) is 0 Å². The Morgan fingerprint density at radius 3 is 3.06 bits per heavy atom. The summed E-state index contributed by atoms with van der Waals surface area (Å²) in [7, 11) is 0. The number of rotatable bonds is 1. The summed E-state index contributed by atoms with van der Waals surface area (Å²) in [6.07, 6.45) is 0.922. The third-order valence-electron chi connectivity index (χ3n) is 2.86. The molecule has 86 valence electrons. The quantitative estimate of drug-likeness (QED) is 0.808. The van der Waals surface area contributed by atoms with Crippen molar-refractivity contribution in [1.29, 1.82) is 0 Å². The number of fused-ring (bicyclic) bond motifs is 1. The van der Waals surface area contributed by atoms with Gasteiger partial charge < -0.3 is 9.72 Å². The number of ether oxygens (including phenoxy) is 1. The van der Waals surface area contributed by atoms with Crippen LogP contribution in [0.5, 0.6) is 5.75 Å². The minimum atomic E-state index is -0.309. The molecular weight excluding hydrogens is 216 g/mol. The van der Waals surface area contributed by atoms with Gasteiger partial charge in [0, 0.05) is 17.7 Å². The zero-order chi connectivity index (χ0) is 11.8. The number of aromatic amines is 1. The van der Waals surface area contributed by atoms with Gasteiger partial charge in [-0.05, 0) is 36.8 Å². The van der Waals surface area contributed by atoms with Gasteiger partial charge in [0.05, 0.1) is 12.3 Å². The first-order valence-electron chi connectivity index (χ1n) is 5.56. The van der Waals surface area contributed by atoms with E-state index in [9.17, 15) is 4.79 Å². The van der Waals surface area contributed by atoms with Gasteiger partial charge in [-0.15, -0.1) is 0 Å². The lowest BCUT2D eigenvalue weighted by atomic mass is 10.1. The minimum absolute atomic E-state index is 0.309. The van der Waals surface area contributed by atoms with E-state index < -0.39 is 0 Å². The molecule has 4 nitrogen and oxygen atoms in total. The second kappa shape index (κ2) is 3.73.